The van der Waals surface area contributed by atoms with E-state index in [4.69, 9.17) is 14.2 Å². The smallest absolute Gasteiger partial charge is 0.261 e. The first-order valence-electron chi connectivity index (χ1n) is 8.83. The van der Waals surface area contributed by atoms with Crippen LogP contribution in [0.25, 0.3) is 0 Å². The zero-order chi connectivity index (χ0) is 18.5. The van der Waals surface area contributed by atoms with E-state index >= 15 is 0 Å². The van der Waals surface area contributed by atoms with Crippen molar-refractivity contribution in [3.63, 3.8) is 0 Å². The quantitative estimate of drug-likeness (QED) is 0.792. The van der Waals surface area contributed by atoms with Gasteiger partial charge < -0.3 is 19.1 Å². The van der Waals surface area contributed by atoms with Gasteiger partial charge in [0.25, 0.3) is 5.91 Å². The van der Waals surface area contributed by atoms with Gasteiger partial charge in [-0.1, -0.05) is 18.2 Å². The molecule has 1 heterocycles. The van der Waals surface area contributed by atoms with Gasteiger partial charge in [0.05, 0.1) is 20.3 Å². The fourth-order valence-electron chi connectivity index (χ4n) is 3.40. The van der Waals surface area contributed by atoms with Crippen molar-refractivity contribution in [2.45, 2.75) is 25.8 Å². The highest BCUT2D eigenvalue weighted by Crippen LogP contribution is 2.36. The molecule has 3 rings (SSSR count). The molecule has 1 aliphatic heterocycles. The molecule has 0 spiro atoms. The molecule has 0 aliphatic carbocycles. The second-order valence-electron chi connectivity index (χ2n) is 6.46. The molecule has 2 aromatic rings. The number of rotatable bonds is 6. The second kappa shape index (κ2) is 8.13. The van der Waals surface area contributed by atoms with Crippen LogP contribution in [0.5, 0.6) is 17.2 Å². The lowest BCUT2D eigenvalue weighted by Crippen LogP contribution is -2.34. The highest BCUT2D eigenvalue weighted by Gasteiger charge is 2.30. The predicted octanol–water partition coefficient (Wildman–Crippen LogP) is 3.75. The van der Waals surface area contributed by atoms with Crippen LogP contribution in [0.1, 0.15) is 30.0 Å². The van der Waals surface area contributed by atoms with Crippen LogP contribution < -0.4 is 14.2 Å². The summed E-state index contributed by atoms with van der Waals surface area (Å²) in [6.07, 6.45) is 1.92. The van der Waals surface area contributed by atoms with Gasteiger partial charge >= 0.3 is 0 Å². The Morgan fingerprint density at radius 3 is 2.65 bits per heavy atom. The number of carbonyl (C=O) groups is 1. The number of hydrogen-bond donors (Lipinski definition) is 0. The van der Waals surface area contributed by atoms with E-state index in [1.807, 2.05) is 54.3 Å². The highest BCUT2D eigenvalue weighted by atomic mass is 16.5. The Hall–Kier alpha value is -2.69. The topological polar surface area (TPSA) is 48.0 Å². The van der Waals surface area contributed by atoms with Gasteiger partial charge in [-0.2, -0.15) is 0 Å². The molecule has 2 aromatic carbocycles. The van der Waals surface area contributed by atoms with E-state index in [0.717, 1.165) is 36.3 Å². The third-order valence-electron chi connectivity index (χ3n) is 4.72. The molecule has 26 heavy (non-hydrogen) atoms. The monoisotopic (exact) mass is 355 g/mol. The van der Waals surface area contributed by atoms with Gasteiger partial charge in [-0.3, -0.25) is 4.79 Å². The van der Waals surface area contributed by atoms with E-state index in [-0.39, 0.29) is 18.6 Å². The van der Waals surface area contributed by atoms with E-state index in [0.29, 0.717) is 11.5 Å². The van der Waals surface area contributed by atoms with Crippen molar-refractivity contribution in [3.05, 3.63) is 53.6 Å². The standard InChI is InChI=1S/C21H25NO4/c1-15-6-4-7-17(12-15)26-14-21(23)22-11-5-8-18(22)16-9-10-19(24-2)20(13-16)25-3/h4,6-7,9-10,12-13,18H,5,8,11,14H2,1-3H3. The van der Waals surface area contributed by atoms with Crippen molar-refractivity contribution in [2.75, 3.05) is 27.4 Å². The highest BCUT2D eigenvalue weighted by molar-refractivity contribution is 5.78. The summed E-state index contributed by atoms with van der Waals surface area (Å²) in [7, 11) is 3.24. The Morgan fingerprint density at radius 2 is 1.92 bits per heavy atom. The summed E-state index contributed by atoms with van der Waals surface area (Å²) in [4.78, 5) is 14.6. The molecule has 0 bridgehead atoms. The van der Waals surface area contributed by atoms with Crippen LogP contribution in [0.15, 0.2) is 42.5 Å². The van der Waals surface area contributed by atoms with Crippen molar-refractivity contribution in [1.82, 2.24) is 4.90 Å². The van der Waals surface area contributed by atoms with Gasteiger partial charge in [0.15, 0.2) is 18.1 Å². The molecular weight excluding hydrogens is 330 g/mol. The molecule has 1 unspecified atom stereocenters. The third kappa shape index (κ3) is 3.93. The second-order valence-corrected chi connectivity index (χ2v) is 6.46. The largest absolute Gasteiger partial charge is 0.493 e. The molecule has 5 heteroatoms. The molecular formula is C21H25NO4. The third-order valence-corrected chi connectivity index (χ3v) is 4.72. The molecule has 1 amide bonds. The lowest BCUT2D eigenvalue weighted by atomic mass is 10.0. The Labute approximate surface area is 154 Å². The van der Waals surface area contributed by atoms with Crippen LogP contribution in [0.3, 0.4) is 0 Å². The first kappa shape index (κ1) is 18.1. The molecule has 0 saturated carbocycles. The van der Waals surface area contributed by atoms with E-state index in [2.05, 4.69) is 0 Å². The lowest BCUT2D eigenvalue weighted by molar-refractivity contribution is -0.134. The van der Waals surface area contributed by atoms with Crippen LogP contribution in [0.2, 0.25) is 0 Å². The maximum Gasteiger partial charge on any atom is 0.261 e. The van der Waals surface area contributed by atoms with Gasteiger partial charge in [-0.05, 0) is 55.2 Å². The molecule has 138 valence electrons. The van der Waals surface area contributed by atoms with Crippen LogP contribution in [-0.4, -0.2) is 38.2 Å². The minimum absolute atomic E-state index is 0.00351. The van der Waals surface area contributed by atoms with E-state index in [1.54, 1.807) is 14.2 Å². The number of aryl methyl sites for hydroxylation is 1. The van der Waals surface area contributed by atoms with Crippen molar-refractivity contribution >= 4 is 5.91 Å². The Kier molecular flexibility index (Phi) is 5.66. The van der Waals surface area contributed by atoms with E-state index < -0.39 is 0 Å². The first-order chi connectivity index (χ1) is 12.6. The van der Waals surface area contributed by atoms with Gasteiger partial charge in [-0.25, -0.2) is 0 Å². The molecule has 0 N–H and O–H groups in total. The van der Waals surface area contributed by atoms with Gasteiger partial charge in [0.2, 0.25) is 0 Å². The van der Waals surface area contributed by atoms with Crippen molar-refractivity contribution < 1.29 is 19.0 Å². The Morgan fingerprint density at radius 1 is 1.12 bits per heavy atom. The molecule has 1 atom stereocenters. The molecule has 1 fully saturated rings. The van der Waals surface area contributed by atoms with Gasteiger partial charge in [0.1, 0.15) is 5.75 Å². The Balaban J connectivity index is 1.70. The summed E-state index contributed by atoms with van der Waals surface area (Å²) < 4.78 is 16.4. The average Bonchev–Trinajstić information content (AvgIpc) is 3.15. The zero-order valence-electron chi connectivity index (χ0n) is 15.5. The molecule has 1 saturated heterocycles. The normalized spacial score (nSPS) is 16.4. The fourth-order valence-corrected chi connectivity index (χ4v) is 3.40. The summed E-state index contributed by atoms with van der Waals surface area (Å²) in [5, 5.41) is 0. The summed E-state index contributed by atoms with van der Waals surface area (Å²) in [6, 6.07) is 13.6. The number of ether oxygens (including phenoxy) is 3. The van der Waals surface area contributed by atoms with Gasteiger partial charge in [-0.15, -0.1) is 0 Å². The Bertz CT molecular complexity index is 774. The maximum absolute atomic E-state index is 12.7. The maximum atomic E-state index is 12.7. The zero-order valence-corrected chi connectivity index (χ0v) is 15.5. The first-order valence-corrected chi connectivity index (χ1v) is 8.83. The number of likely N-dealkylation sites (tertiary alicyclic amines) is 1. The van der Waals surface area contributed by atoms with Crippen LogP contribution in [0.4, 0.5) is 0 Å². The van der Waals surface area contributed by atoms with Crippen LogP contribution >= 0.6 is 0 Å². The van der Waals surface area contributed by atoms with E-state index in [1.165, 1.54) is 0 Å². The molecule has 5 nitrogen and oxygen atoms in total. The van der Waals surface area contributed by atoms with Gasteiger partial charge in [0, 0.05) is 6.54 Å². The summed E-state index contributed by atoms with van der Waals surface area (Å²) >= 11 is 0. The summed E-state index contributed by atoms with van der Waals surface area (Å²) in [5.74, 6) is 2.10. The summed E-state index contributed by atoms with van der Waals surface area (Å²) in [5.41, 5.74) is 2.17. The number of amides is 1. The van der Waals surface area contributed by atoms with Crippen LogP contribution in [-0.2, 0) is 4.79 Å². The molecule has 0 radical (unpaired) electrons. The fraction of sp³-hybridized carbons (Fsp3) is 0.381. The summed E-state index contributed by atoms with van der Waals surface area (Å²) in [6.45, 7) is 2.80. The number of hydrogen-bond acceptors (Lipinski definition) is 4. The van der Waals surface area contributed by atoms with E-state index in [9.17, 15) is 4.79 Å². The average molecular weight is 355 g/mol. The predicted molar refractivity (Wildman–Crippen MR) is 99.9 cm³/mol. The van der Waals surface area contributed by atoms with Crippen molar-refractivity contribution in [2.24, 2.45) is 0 Å². The van der Waals surface area contributed by atoms with Crippen molar-refractivity contribution in [3.8, 4) is 17.2 Å². The molecule has 0 aromatic heterocycles. The van der Waals surface area contributed by atoms with Crippen molar-refractivity contribution in [1.29, 1.82) is 0 Å². The molecule has 1 aliphatic rings. The minimum atomic E-state index is 0.00351. The number of nitrogens with zero attached hydrogens (tertiary/aromatic N) is 1. The SMILES string of the molecule is COc1ccc(C2CCCN2C(=O)COc2cccc(C)c2)cc1OC. The number of carbonyl (C=O) groups excluding carboxylic acids is 1. The number of benzene rings is 2. The number of methoxy groups -OCH3 is 2. The lowest BCUT2D eigenvalue weighted by Gasteiger charge is -2.25. The minimum Gasteiger partial charge on any atom is -0.493 e. The van der Waals surface area contributed by atoms with Crippen LogP contribution in [0, 0.1) is 6.92 Å².